The summed E-state index contributed by atoms with van der Waals surface area (Å²) in [5, 5.41) is 6.58. The summed E-state index contributed by atoms with van der Waals surface area (Å²) in [7, 11) is -3.64. The Bertz CT molecular complexity index is 1110. The maximum atomic E-state index is 12.6. The number of sulfonamides is 1. The lowest BCUT2D eigenvalue weighted by molar-refractivity contribution is 0.581. The number of thiocarbonyl (C=S) groups is 1. The molecule has 156 valence electrons. The van der Waals surface area contributed by atoms with Gasteiger partial charge in [-0.15, -0.1) is 0 Å². The first kappa shape index (κ1) is 22.8. The number of hydrogen-bond donors (Lipinski definition) is 3. The van der Waals surface area contributed by atoms with E-state index in [9.17, 15) is 8.42 Å². The van der Waals surface area contributed by atoms with Crippen LogP contribution < -0.4 is 15.4 Å². The lowest BCUT2D eigenvalue weighted by Gasteiger charge is -2.12. The first-order valence-electron chi connectivity index (χ1n) is 8.80. The molecule has 30 heavy (non-hydrogen) atoms. The van der Waals surface area contributed by atoms with Gasteiger partial charge in [0.2, 0.25) is 10.0 Å². The van der Waals surface area contributed by atoms with E-state index in [4.69, 9.17) is 12.2 Å². The van der Waals surface area contributed by atoms with Gasteiger partial charge in [0.25, 0.3) is 0 Å². The van der Waals surface area contributed by atoms with Crippen molar-refractivity contribution in [1.82, 2.24) is 15.0 Å². The summed E-state index contributed by atoms with van der Waals surface area (Å²) in [5.74, 6) is 0. The zero-order chi connectivity index (χ0) is 21.6. The molecule has 1 aromatic heterocycles. The fourth-order valence-corrected chi connectivity index (χ4v) is 5.15. The molecular formula is C20H18Br2N4O2S2. The van der Waals surface area contributed by atoms with Crippen LogP contribution in [-0.4, -0.2) is 18.5 Å². The molecule has 0 atom stereocenters. The van der Waals surface area contributed by atoms with Gasteiger partial charge in [0.15, 0.2) is 5.11 Å². The van der Waals surface area contributed by atoms with Gasteiger partial charge in [-0.25, -0.2) is 13.1 Å². The summed E-state index contributed by atoms with van der Waals surface area (Å²) >= 11 is 12.1. The van der Waals surface area contributed by atoms with Crippen molar-refractivity contribution in [3.05, 3.63) is 87.1 Å². The average Bonchev–Trinajstić information content (AvgIpc) is 2.71. The third-order valence-corrected chi connectivity index (χ3v) is 6.59. The highest BCUT2D eigenvalue weighted by Gasteiger charge is 2.14. The number of nitrogens with zero attached hydrogens (tertiary/aromatic N) is 1. The Morgan fingerprint density at radius 3 is 2.17 bits per heavy atom. The minimum Gasteiger partial charge on any atom is -0.358 e. The van der Waals surface area contributed by atoms with E-state index in [1.807, 2.05) is 30.3 Å². The van der Waals surface area contributed by atoms with Crippen LogP contribution in [0, 0.1) is 0 Å². The molecule has 10 heteroatoms. The smallest absolute Gasteiger partial charge is 0.240 e. The highest BCUT2D eigenvalue weighted by atomic mass is 79.9. The van der Waals surface area contributed by atoms with Crippen molar-refractivity contribution >= 4 is 64.9 Å². The molecule has 1 heterocycles. The number of nitrogens with one attached hydrogen (secondary N) is 3. The normalized spacial score (nSPS) is 11.1. The third kappa shape index (κ3) is 6.85. The molecule has 0 aliphatic rings. The Hall–Kier alpha value is -1.85. The molecular weight excluding hydrogens is 552 g/mol. The second kappa shape index (κ2) is 10.5. The largest absolute Gasteiger partial charge is 0.358 e. The van der Waals surface area contributed by atoms with Gasteiger partial charge < -0.3 is 10.6 Å². The average molecular weight is 570 g/mol. The summed E-state index contributed by atoms with van der Waals surface area (Å²) in [6.45, 7) is 0.750. The number of aromatic nitrogens is 1. The standard InChI is InChI=1S/C20H18Br2N4O2S2/c21-16-9-15(10-17(22)11-16)13-25-30(27,28)19-3-1-18(2-4-19)26-20(29)24-12-14-5-7-23-8-6-14/h1-11,25H,12-13H2,(H2,24,26,29). The number of benzene rings is 2. The molecule has 0 fully saturated rings. The van der Waals surface area contributed by atoms with Crippen LogP contribution in [0.25, 0.3) is 0 Å². The molecule has 0 spiro atoms. The predicted octanol–water partition coefficient (Wildman–Crippen LogP) is 4.57. The van der Waals surface area contributed by atoms with Gasteiger partial charge in [0.05, 0.1) is 4.90 Å². The first-order chi connectivity index (χ1) is 14.3. The van der Waals surface area contributed by atoms with Crippen molar-refractivity contribution in [1.29, 1.82) is 0 Å². The van der Waals surface area contributed by atoms with E-state index >= 15 is 0 Å². The van der Waals surface area contributed by atoms with E-state index < -0.39 is 10.0 Å². The Balaban J connectivity index is 1.56. The minimum absolute atomic E-state index is 0.178. The van der Waals surface area contributed by atoms with Gasteiger partial charge in [-0.05, 0) is 77.9 Å². The highest BCUT2D eigenvalue weighted by molar-refractivity contribution is 9.11. The molecule has 6 nitrogen and oxygen atoms in total. The van der Waals surface area contributed by atoms with E-state index in [1.165, 1.54) is 12.1 Å². The van der Waals surface area contributed by atoms with Crippen LogP contribution in [0.1, 0.15) is 11.1 Å². The summed E-state index contributed by atoms with van der Waals surface area (Å²) in [6.07, 6.45) is 3.44. The fraction of sp³-hybridized carbons (Fsp3) is 0.100. The molecule has 0 aliphatic carbocycles. The van der Waals surface area contributed by atoms with E-state index in [-0.39, 0.29) is 11.4 Å². The van der Waals surface area contributed by atoms with Gasteiger partial charge in [-0.1, -0.05) is 31.9 Å². The quantitative estimate of drug-likeness (QED) is 0.361. The van der Waals surface area contributed by atoms with Gasteiger partial charge in [-0.2, -0.15) is 0 Å². The van der Waals surface area contributed by atoms with E-state index in [0.29, 0.717) is 17.3 Å². The summed E-state index contributed by atoms with van der Waals surface area (Å²) in [5.41, 5.74) is 2.58. The van der Waals surface area contributed by atoms with Crippen LogP contribution in [0.5, 0.6) is 0 Å². The first-order valence-corrected chi connectivity index (χ1v) is 12.3. The molecule has 0 saturated carbocycles. The van der Waals surface area contributed by atoms with Crippen LogP contribution in [0.2, 0.25) is 0 Å². The minimum atomic E-state index is -3.64. The van der Waals surface area contributed by atoms with E-state index in [0.717, 1.165) is 20.1 Å². The molecule has 0 aliphatic heterocycles. The maximum absolute atomic E-state index is 12.6. The molecule has 2 aromatic carbocycles. The van der Waals surface area contributed by atoms with Gasteiger partial charge in [-0.3, -0.25) is 4.98 Å². The Kier molecular flexibility index (Phi) is 7.95. The zero-order valence-corrected chi connectivity index (χ0v) is 20.4. The second-order valence-corrected chi connectivity index (χ2v) is 10.3. The van der Waals surface area contributed by atoms with Gasteiger partial charge in [0.1, 0.15) is 0 Å². The zero-order valence-electron chi connectivity index (χ0n) is 15.6. The van der Waals surface area contributed by atoms with Crippen molar-refractivity contribution in [2.24, 2.45) is 0 Å². The van der Waals surface area contributed by atoms with Crippen LogP contribution in [-0.2, 0) is 23.1 Å². The van der Waals surface area contributed by atoms with Crippen molar-refractivity contribution in [3.63, 3.8) is 0 Å². The number of halogens is 2. The van der Waals surface area contributed by atoms with Crippen LogP contribution in [0.3, 0.4) is 0 Å². The maximum Gasteiger partial charge on any atom is 0.240 e. The fourth-order valence-electron chi connectivity index (χ4n) is 2.55. The lowest BCUT2D eigenvalue weighted by Crippen LogP contribution is -2.28. The summed E-state index contributed by atoms with van der Waals surface area (Å²) in [4.78, 5) is 4.15. The number of anilines is 1. The van der Waals surface area contributed by atoms with Crippen molar-refractivity contribution in [2.45, 2.75) is 18.0 Å². The number of rotatable bonds is 7. The Morgan fingerprint density at radius 2 is 1.53 bits per heavy atom. The molecule has 0 amide bonds. The molecule has 0 radical (unpaired) electrons. The van der Waals surface area contributed by atoms with Gasteiger partial charge >= 0.3 is 0 Å². The van der Waals surface area contributed by atoms with Crippen LogP contribution in [0.15, 0.2) is 80.8 Å². The Labute approximate surface area is 197 Å². The van der Waals surface area contributed by atoms with Gasteiger partial charge in [0, 0.05) is 40.1 Å². The summed E-state index contributed by atoms with van der Waals surface area (Å²) < 4.78 is 29.5. The lowest BCUT2D eigenvalue weighted by atomic mass is 10.2. The van der Waals surface area contributed by atoms with Crippen molar-refractivity contribution in [2.75, 3.05) is 5.32 Å². The predicted molar refractivity (Wildman–Crippen MR) is 130 cm³/mol. The number of hydrogen-bond acceptors (Lipinski definition) is 4. The van der Waals surface area contributed by atoms with Crippen molar-refractivity contribution < 1.29 is 8.42 Å². The molecule has 3 rings (SSSR count). The monoisotopic (exact) mass is 568 g/mol. The van der Waals surface area contributed by atoms with E-state index in [2.05, 4.69) is 52.2 Å². The molecule has 0 unspecified atom stereocenters. The molecule has 0 saturated heterocycles. The highest BCUT2D eigenvalue weighted by Crippen LogP contribution is 2.21. The molecule has 0 bridgehead atoms. The number of pyridine rings is 1. The van der Waals surface area contributed by atoms with Crippen LogP contribution in [0.4, 0.5) is 5.69 Å². The third-order valence-electron chi connectivity index (χ3n) is 4.01. The summed E-state index contributed by atoms with van der Waals surface area (Å²) in [6, 6.07) is 15.8. The molecule has 3 N–H and O–H groups in total. The molecule has 3 aromatic rings. The van der Waals surface area contributed by atoms with E-state index in [1.54, 1.807) is 24.5 Å². The Morgan fingerprint density at radius 1 is 0.900 bits per heavy atom. The van der Waals surface area contributed by atoms with Crippen LogP contribution >= 0.6 is 44.1 Å². The topological polar surface area (TPSA) is 83.1 Å². The second-order valence-electron chi connectivity index (χ2n) is 6.29. The SMILES string of the molecule is O=S(=O)(NCc1cc(Br)cc(Br)c1)c1ccc(NC(=S)NCc2ccncc2)cc1. The van der Waals surface area contributed by atoms with Crippen molar-refractivity contribution in [3.8, 4) is 0 Å².